The van der Waals surface area contributed by atoms with Gasteiger partial charge in [-0.15, -0.1) is 0 Å². The zero-order valence-electron chi connectivity index (χ0n) is 10.7. The van der Waals surface area contributed by atoms with Gasteiger partial charge in [0.2, 0.25) is 0 Å². The number of alkyl halides is 2. The number of nitrogens with one attached hydrogen (secondary N) is 1. The number of aromatic carboxylic acids is 1. The highest BCUT2D eigenvalue weighted by atomic mass is 32.2. The fraction of sp³-hybridized carbons (Fsp3) is 0.0714. The second-order valence-electron chi connectivity index (χ2n) is 4.07. The topological polar surface area (TPSA) is 75.4 Å². The zero-order valence-corrected chi connectivity index (χ0v) is 11.5. The van der Waals surface area contributed by atoms with E-state index in [0.29, 0.717) is 22.3 Å². The molecule has 0 aliphatic heterocycles. The number of anilines is 3. The van der Waals surface area contributed by atoms with Gasteiger partial charge >= 0.3 is 5.97 Å². The van der Waals surface area contributed by atoms with Gasteiger partial charge in [-0.1, -0.05) is 30.0 Å². The predicted octanol–water partition coefficient (Wildman–Crippen LogP) is 4.03. The number of para-hydroxylation sites is 2. The first kappa shape index (κ1) is 15.1. The van der Waals surface area contributed by atoms with E-state index in [-0.39, 0.29) is 16.9 Å². The van der Waals surface area contributed by atoms with E-state index < -0.39 is 11.7 Å². The largest absolute Gasteiger partial charge is 0.478 e. The number of benzene rings is 2. The molecule has 2 aromatic carbocycles. The molecular formula is C14H12F2N2O2S. The lowest BCUT2D eigenvalue weighted by molar-refractivity contribution is 0.0698. The molecule has 0 aromatic heterocycles. The van der Waals surface area contributed by atoms with Gasteiger partial charge in [0.25, 0.3) is 5.76 Å². The number of carbonyl (C=O) groups is 1. The van der Waals surface area contributed by atoms with Crippen LogP contribution in [0.5, 0.6) is 0 Å². The van der Waals surface area contributed by atoms with Gasteiger partial charge in [-0.3, -0.25) is 0 Å². The Morgan fingerprint density at radius 3 is 2.57 bits per heavy atom. The van der Waals surface area contributed by atoms with Crippen LogP contribution in [0, 0.1) is 0 Å². The molecule has 0 radical (unpaired) electrons. The van der Waals surface area contributed by atoms with Crippen molar-refractivity contribution in [3.05, 3.63) is 48.0 Å². The Morgan fingerprint density at radius 2 is 1.90 bits per heavy atom. The molecule has 21 heavy (non-hydrogen) atoms. The number of carboxylic acid groups (broad SMARTS) is 1. The molecule has 4 nitrogen and oxygen atoms in total. The van der Waals surface area contributed by atoms with Crippen LogP contribution in [-0.4, -0.2) is 16.8 Å². The van der Waals surface area contributed by atoms with Gasteiger partial charge in [-0.25, -0.2) is 4.79 Å². The first-order valence-corrected chi connectivity index (χ1v) is 6.79. The van der Waals surface area contributed by atoms with Crippen LogP contribution >= 0.6 is 11.8 Å². The molecule has 7 heteroatoms. The molecular weight excluding hydrogens is 298 g/mol. The lowest BCUT2D eigenvalue weighted by Crippen LogP contribution is -2.06. The molecule has 2 rings (SSSR count). The number of rotatable bonds is 5. The predicted molar refractivity (Wildman–Crippen MR) is 79.4 cm³/mol. The molecule has 0 aliphatic carbocycles. The van der Waals surface area contributed by atoms with Crippen LogP contribution < -0.4 is 11.1 Å². The van der Waals surface area contributed by atoms with E-state index in [1.165, 1.54) is 24.3 Å². The lowest BCUT2D eigenvalue weighted by Gasteiger charge is -2.15. The molecule has 2 aromatic rings. The number of carboxylic acids is 1. The van der Waals surface area contributed by atoms with Crippen molar-refractivity contribution in [2.45, 2.75) is 10.7 Å². The molecule has 0 unspecified atom stereocenters. The third kappa shape index (κ3) is 3.63. The molecule has 0 aliphatic rings. The number of halogens is 2. The molecule has 0 saturated heterocycles. The van der Waals surface area contributed by atoms with Crippen LogP contribution in [0.25, 0.3) is 0 Å². The van der Waals surface area contributed by atoms with E-state index in [4.69, 9.17) is 10.8 Å². The average molecular weight is 310 g/mol. The Kier molecular flexibility index (Phi) is 4.64. The second-order valence-corrected chi connectivity index (χ2v) is 5.11. The van der Waals surface area contributed by atoms with E-state index in [2.05, 4.69) is 5.32 Å². The first-order chi connectivity index (χ1) is 9.99. The molecule has 0 bridgehead atoms. The summed E-state index contributed by atoms with van der Waals surface area (Å²) in [6.07, 6.45) is 0. The molecule has 0 heterocycles. The minimum Gasteiger partial charge on any atom is -0.478 e. The van der Waals surface area contributed by atoms with Gasteiger partial charge < -0.3 is 16.2 Å². The number of hydrogen-bond acceptors (Lipinski definition) is 4. The lowest BCUT2D eigenvalue weighted by atomic mass is 10.1. The van der Waals surface area contributed by atoms with E-state index in [9.17, 15) is 13.6 Å². The third-order valence-corrected chi connectivity index (χ3v) is 3.48. The van der Waals surface area contributed by atoms with Crippen molar-refractivity contribution in [3.63, 3.8) is 0 Å². The number of nitrogens with two attached hydrogens (primary N) is 1. The maximum absolute atomic E-state index is 12.5. The van der Waals surface area contributed by atoms with Crippen molar-refractivity contribution >= 4 is 34.8 Å². The maximum Gasteiger partial charge on any atom is 0.337 e. The van der Waals surface area contributed by atoms with E-state index >= 15 is 0 Å². The molecule has 0 atom stereocenters. The Hall–Kier alpha value is -2.28. The van der Waals surface area contributed by atoms with Gasteiger partial charge in [0, 0.05) is 4.90 Å². The van der Waals surface area contributed by atoms with E-state index in [1.54, 1.807) is 18.2 Å². The summed E-state index contributed by atoms with van der Waals surface area (Å²) >= 11 is 0.380. The summed E-state index contributed by atoms with van der Waals surface area (Å²) in [6.45, 7) is 0. The maximum atomic E-state index is 12.5. The quantitative estimate of drug-likeness (QED) is 0.574. The Labute approximate surface area is 124 Å². The SMILES string of the molecule is Nc1cccc(C(=O)O)c1Nc1ccccc1SC(F)F. The fourth-order valence-corrected chi connectivity index (χ4v) is 2.39. The first-order valence-electron chi connectivity index (χ1n) is 5.91. The molecule has 4 N–H and O–H groups in total. The van der Waals surface area contributed by atoms with Crippen molar-refractivity contribution in [2.75, 3.05) is 11.1 Å². The molecule has 0 amide bonds. The summed E-state index contributed by atoms with van der Waals surface area (Å²) in [7, 11) is 0. The summed E-state index contributed by atoms with van der Waals surface area (Å²) in [5.74, 6) is -3.72. The minimum atomic E-state index is -2.57. The monoisotopic (exact) mass is 310 g/mol. The van der Waals surface area contributed by atoms with Crippen LogP contribution in [0.4, 0.5) is 25.8 Å². The molecule has 0 saturated carbocycles. The van der Waals surface area contributed by atoms with Crippen molar-refractivity contribution in [3.8, 4) is 0 Å². The number of nitrogen functional groups attached to an aromatic ring is 1. The Bertz CT molecular complexity index is 665. The van der Waals surface area contributed by atoms with Crippen LogP contribution in [0.3, 0.4) is 0 Å². The van der Waals surface area contributed by atoms with Crippen LogP contribution in [0.1, 0.15) is 10.4 Å². The number of thioether (sulfide) groups is 1. The third-order valence-electron chi connectivity index (χ3n) is 2.69. The Balaban J connectivity index is 2.41. The summed E-state index contributed by atoms with van der Waals surface area (Å²) in [4.78, 5) is 11.5. The highest BCUT2D eigenvalue weighted by molar-refractivity contribution is 7.99. The van der Waals surface area contributed by atoms with Crippen molar-refractivity contribution in [2.24, 2.45) is 0 Å². The molecule has 110 valence electrons. The summed E-state index contributed by atoms with van der Waals surface area (Å²) in [5.41, 5.74) is 6.55. The van der Waals surface area contributed by atoms with Crippen molar-refractivity contribution in [1.29, 1.82) is 0 Å². The van der Waals surface area contributed by atoms with Gasteiger partial charge in [0.15, 0.2) is 0 Å². The van der Waals surface area contributed by atoms with Crippen molar-refractivity contribution in [1.82, 2.24) is 0 Å². The zero-order chi connectivity index (χ0) is 15.4. The number of hydrogen-bond donors (Lipinski definition) is 3. The van der Waals surface area contributed by atoms with Crippen molar-refractivity contribution < 1.29 is 18.7 Å². The van der Waals surface area contributed by atoms with Gasteiger partial charge in [0.1, 0.15) is 0 Å². The minimum absolute atomic E-state index is 0.0214. The fourth-order valence-electron chi connectivity index (χ4n) is 1.79. The summed E-state index contributed by atoms with van der Waals surface area (Å²) in [5, 5.41) is 12.0. The highest BCUT2D eigenvalue weighted by Gasteiger charge is 2.15. The van der Waals surface area contributed by atoms with Gasteiger partial charge in [0.05, 0.1) is 22.6 Å². The van der Waals surface area contributed by atoms with E-state index in [1.807, 2.05) is 0 Å². The average Bonchev–Trinajstić information content (AvgIpc) is 2.42. The van der Waals surface area contributed by atoms with Gasteiger partial charge in [-0.05, 0) is 24.3 Å². The van der Waals surface area contributed by atoms with Crippen LogP contribution in [0.15, 0.2) is 47.4 Å². The Morgan fingerprint density at radius 1 is 1.19 bits per heavy atom. The highest BCUT2D eigenvalue weighted by Crippen LogP contribution is 2.35. The summed E-state index contributed by atoms with van der Waals surface area (Å²) in [6, 6.07) is 10.9. The standard InChI is InChI=1S/C14H12F2N2O2S/c15-14(16)21-11-7-2-1-6-10(11)18-12-8(13(19)20)4-3-5-9(12)17/h1-7,14,18H,17H2,(H,19,20). The van der Waals surface area contributed by atoms with Gasteiger partial charge in [-0.2, -0.15) is 8.78 Å². The summed E-state index contributed by atoms with van der Waals surface area (Å²) < 4.78 is 25.1. The van der Waals surface area contributed by atoms with E-state index in [0.717, 1.165) is 0 Å². The smallest absolute Gasteiger partial charge is 0.337 e. The van der Waals surface area contributed by atoms with Crippen LogP contribution in [0.2, 0.25) is 0 Å². The normalized spacial score (nSPS) is 10.6. The molecule has 0 fully saturated rings. The molecule has 0 spiro atoms. The van der Waals surface area contributed by atoms with Crippen LogP contribution in [-0.2, 0) is 0 Å². The second kappa shape index (κ2) is 6.45.